The number of pyridine rings is 1. The monoisotopic (exact) mass is 219 g/mol. The molecule has 0 bridgehead atoms. The van der Waals surface area contributed by atoms with Crippen LogP contribution in [0.15, 0.2) is 12.1 Å². The van der Waals surface area contributed by atoms with Crippen LogP contribution in [0.25, 0.3) is 0 Å². The van der Waals surface area contributed by atoms with Gasteiger partial charge in [-0.25, -0.2) is 9.78 Å². The summed E-state index contributed by atoms with van der Waals surface area (Å²) in [6.45, 7) is 0. The van der Waals surface area contributed by atoms with E-state index in [1.165, 1.54) is 0 Å². The third-order valence-corrected chi connectivity index (χ3v) is 1.50. The van der Waals surface area contributed by atoms with Crippen LogP contribution in [0.1, 0.15) is 26.5 Å². The van der Waals surface area contributed by atoms with Crippen molar-refractivity contribution in [3.05, 3.63) is 29.1 Å². The molecule has 0 spiro atoms. The van der Waals surface area contributed by atoms with E-state index >= 15 is 0 Å². The lowest BCUT2D eigenvalue weighted by atomic mass is 10.2. The van der Waals surface area contributed by atoms with E-state index in [1.807, 2.05) is 0 Å². The summed E-state index contributed by atoms with van der Waals surface area (Å²) in [6.07, 6.45) is -4.72. The van der Waals surface area contributed by atoms with Crippen molar-refractivity contribution in [3.63, 3.8) is 0 Å². The second kappa shape index (κ2) is 3.68. The Balaban J connectivity index is 3.36. The van der Waals surface area contributed by atoms with E-state index < -0.39 is 29.1 Å². The first-order valence-electron chi connectivity index (χ1n) is 3.62. The Labute approximate surface area is 81.4 Å². The van der Waals surface area contributed by atoms with Crippen LogP contribution in [0.4, 0.5) is 13.2 Å². The highest BCUT2D eigenvalue weighted by Gasteiger charge is 2.33. The number of aldehydes is 1. The molecule has 1 heterocycles. The number of hydrogen-bond donors (Lipinski definition) is 1. The van der Waals surface area contributed by atoms with Gasteiger partial charge in [0.15, 0.2) is 6.29 Å². The first-order chi connectivity index (χ1) is 6.84. The van der Waals surface area contributed by atoms with E-state index in [1.54, 1.807) is 0 Å². The van der Waals surface area contributed by atoms with E-state index in [0.717, 1.165) is 6.07 Å². The highest BCUT2D eigenvalue weighted by molar-refractivity contribution is 5.89. The zero-order chi connectivity index (χ0) is 11.6. The fourth-order valence-electron chi connectivity index (χ4n) is 0.881. The molecule has 4 nitrogen and oxygen atoms in total. The number of hydrogen-bond acceptors (Lipinski definition) is 3. The highest BCUT2D eigenvalue weighted by Crippen LogP contribution is 2.28. The van der Waals surface area contributed by atoms with Crippen molar-refractivity contribution < 1.29 is 27.9 Å². The Morgan fingerprint density at radius 2 is 2.00 bits per heavy atom. The maximum atomic E-state index is 12.2. The first-order valence-corrected chi connectivity index (χ1v) is 3.62. The predicted octanol–water partition coefficient (Wildman–Crippen LogP) is 1.61. The van der Waals surface area contributed by atoms with Gasteiger partial charge in [0.1, 0.15) is 11.4 Å². The number of halogens is 3. The Morgan fingerprint density at radius 1 is 1.40 bits per heavy atom. The molecular weight excluding hydrogens is 215 g/mol. The maximum Gasteiger partial charge on any atom is 0.433 e. The molecule has 0 atom stereocenters. The second-order valence-electron chi connectivity index (χ2n) is 2.59. The average Bonchev–Trinajstić information content (AvgIpc) is 2.15. The third kappa shape index (κ3) is 2.52. The molecule has 1 aromatic rings. The van der Waals surface area contributed by atoms with Crippen LogP contribution in [-0.4, -0.2) is 22.3 Å². The minimum atomic E-state index is -4.77. The Morgan fingerprint density at radius 3 is 2.40 bits per heavy atom. The van der Waals surface area contributed by atoms with Crippen LogP contribution in [-0.2, 0) is 6.18 Å². The van der Waals surface area contributed by atoms with Gasteiger partial charge in [-0.3, -0.25) is 4.79 Å². The van der Waals surface area contributed by atoms with Crippen molar-refractivity contribution in [2.45, 2.75) is 6.18 Å². The lowest BCUT2D eigenvalue weighted by Gasteiger charge is -2.06. The topological polar surface area (TPSA) is 67.3 Å². The van der Waals surface area contributed by atoms with Crippen LogP contribution in [0, 0.1) is 0 Å². The number of alkyl halides is 3. The Bertz CT molecular complexity index is 414. The summed E-state index contributed by atoms with van der Waals surface area (Å²) in [5, 5.41) is 8.48. The van der Waals surface area contributed by atoms with Crippen molar-refractivity contribution in [2.24, 2.45) is 0 Å². The van der Waals surface area contributed by atoms with Crippen LogP contribution in [0.2, 0.25) is 0 Å². The quantitative estimate of drug-likeness (QED) is 0.767. The van der Waals surface area contributed by atoms with Crippen LogP contribution < -0.4 is 0 Å². The fraction of sp³-hybridized carbons (Fsp3) is 0.125. The normalized spacial score (nSPS) is 11.1. The molecule has 0 aliphatic carbocycles. The lowest BCUT2D eigenvalue weighted by molar-refractivity contribution is -0.141. The number of nitrogens with zero attached hydrogens (tertiary/aromatic N) is 1. The van der Waals surface area contributed by atoms with Gasteiger partial charge < -0.3 is 5.11 Å². The summed E-state index contributed by atoms with van der Waals surface area (Å²) in [7, 11) is 0. The molecule has 80 valence electrons. The summed E-state index contributed by atoms with van der Waals surface area (Å²) < 4.78 is 36.5. The molecule has 1 rings (SSSR count). The molecule has 7 heteroatoms. The second-order valence-corrected chi connectivity index (χ2v) is 2.59. The largest absolute Gasteiger partial charge is 0.478 e. The smallest absolute Gasteiger partial charge is 0.433 e. The highest BCUT2D eigenvalue weighted by atomic mass is 19.4. The maximum absolute atomic E-state index is 12.2. The van der Waals surface area contributed by atoms with Gasteiger partial charge in [0, 0.05) is 0 Å². The zero-order valence-corrected chi connectivity index (χ0v) is 7.08. The molecule has 0 radical (unpaired) electrons. The van der Waals surface area contributed by atoms with Gasteiger partial charge in [0.2, 0.25) is 0 Å². The SMILES string of the molecule is O=Cc1cc(C(=O)O)cc(C(F)(F)F)n1. The van der Waals surface area contributed by atoms with Gasteiger partial charge in [0.05, 0.1) is 5.56 Å². The predicted molar refractivity (Wildman–Crippen MR) is 41.6 cm³/mol. The van der Waals surface area contributed by atoms with Crippen molar-refractivity contribution in [1.29, 1.82) is 0 Å². The number of rotatable bonds is 2. The third-order valence-electron chi connectivity index (χ3n) is 1.50. The minimum absolute atomic E-state index is 0.0572. The average molecular weight is 219 g/mol. The van der Waals surface area contributed by atoms with Gasteiger partial charge in [-0.1, -0.05) is 0 Å². The summed E-state index contributed by atoms with van der Waals surface area (Å²) in [6, 6.07) is 1.14. The fourth-order valence-corrected chi connectivity index (χ4v) is 0.881. The first kappa shape index (κ1) is 11.2. The molecule has 1 aromatic heterocycles. The molecule has 0 fully saturated rings. The minimum Gasteiger partial charge on any atom is -0.478 e. The molecule has 0 aliphatic rings. The molecule has 15 heavy (non-hydrogen) atoms. The molecule has 0 saturated heterocycles. The summed E-state index contributed by atoms with van der Waals surface area (Å²) in [4.78, 5) is 23.6. The van der Waals surface area contributed by atoms with Gasteiger partial charge in [-0.05, 0) is 12.1 Å². The number of aromatic carboxylic acids is 1. The van der Waals surface area contributed by atoms with Gasteiger partial charge >= 0.3 is 12.1 Å². The van der Waals surface area contributed by atoms with Crippen LogP contribution in [0.3, 0.4) is 0 Å². The van der Waals surface area contributed by atoms with Gasteiger partial charge in [0.25, 0.3) is 0 Å². The zero-order valence-electron chi connectivity index (χ0n) is 7.08. The molecule has 0 amide bonds. The van der Waals surface area contributed by atoms with E-state index in [9.17, 15) is 22.8 Å². The van der Waals surface area contributed by atoms with E-state index in [2.05, 4.69) is 4.98 Å². The number of carbonyl (C=O) groups excluding carboxylic acids is 1. The summed E-state index contributed by atoms with van der Waals surface area (Å²) >= 11 is 0. The van der Waals surface area contributed by atoms with E-state index in [-0.39, 0.29) is 6.29 Å². The number of carboxylic acid groups (broad SMARTS) is 1. The summed E-state index contributed by atoms with van der Waals surface area (Å²) in [5.74, 6) is -1.55. The number of aromatic nitrogens is 1. The number of carbonyl (C=O) groups is 2. The lowest BCUT2D eigenvalue weighted by Crippen LogP contribution is -2.12. The molecule has 0 aliphatic heterocycles. The van der Waals surface area contributed by atoms with Crippen molar-refractivity contribution in [1.82, 2.24) is 4.98 Å². The van der Waals surface area contributed by atoms with Crippen molar-refractivity contribution >= 4 is 12.3 Å². The van der Waals surface area contributed by atoms with Crippen LogP contribution in [0.5, 0.6) is 0 Å². The standard InChI is InChI=1S/C8H4F3NO3/c9-8(10,11)6-2-4(7(14)15)1-5(3-13)12-6/h1-3H,(H,14,15). The summed E-state index contributed by atoms with van der Waals surface area (Å²) in [5.41, 5.74) is -2.59. The van der Waals surface area contributed by atoms with Gasteiger partial charge in [-0.15, -0.1) is 0 Å². The molecule has 0 saturated carbocycles. The van der Waals surface area contributed by atoms with Crippen LogP contribution >= 0.6 is 0 Å². The van der Waals surface area contributed by atoms with E-state index in [4.69, 9.17) is 5.11 Å². The Kier molecular flexibility index (Phi) is 2.74. The number of carboxylic acids is 1. The van der Waals surface area contributed by atoms with Crippen molar-refractivity contribution in [3.8, 4) is 0 Å². The molecule has 0 unspecified atom stereocenters. The molecule has 0 aromatic carbocycles. The van der Waals surface area contributed by atoms with Crippen molar-refractivity contribution in [2.75, 3.05) is 0 Å². The molecular formula is C8H4F3NO3. The molecule has 1 N–H and O–H groups in total. The Hall–Kier alpha value is -1.92. The van der Waals surface area contributed by atoms with E-state index in [0.29, 0.717) is 6.07 Å². The van der Waals surface area contributed by atoms with Gasteiger partial charge in [-0.2, -0.15) is 13.2 Å².